The number of H-pyrrole nitrogens is 1. The highest BCUT2D eigenvalue weighted by Gasteiger charge is 2.11. The van der Waals surface area contributed by atoms with Gasteiger partial charge in [-0.2, -0.15) is 0 Å². The van der Waals surface area contributed by atoms with E-state index in [1.165, 1.54) is 0 Å². The predicted octanol–water partition coefficient (Wildman–Crippen LogP) is 2.60. The topological polar surface area (TPSA) is 62.3 Å². The lowest BCUT2D eigenvalue weighted by atomic mass is 10.2. The van der Waals surface area contributed by atoms with Crippen LogP contribution in [0.1, 0.15) is 21.6 Å². The number of ether oxygens (including phenoxy) is 1. The van der Waals surface area contributed by atoms with Crippen molar-refractivity contribution in [3.63, 3.8) is 0 Å². The van der Waals surface area contributed by atoms with Gasteiger partial charge in [-0.1, -0.05) is 12.1 Å². The number of hydrogen-bond donors (Lipinski definition) is 2. The van der Waals surface area contributed by atoms with E-state index in [4.69, 9.17) is 9.84 Å². The van der Waals surface area contributed by atoms with Gasteiger partial charge in [0.15, 0.2) is 0 Å². The van der Waals surface area contributed by atoms with Crippen molar-refractivity contribution in [2.45, 2.75) is 13.5 Å². The van der Waals surface area contributed by atoms with Gasteiger partial charge in [0.25, 0.3) is 0 Å². The average Bonchev–Trinajstić information content (AvgIpc) is 2.74. The number of carboxylic acids is 1. The molecule has 0 saturated carbocycles. The maximum absolute atomic E-state index is 10.9. The molecule has 88 valence electrons. The minimum atomic E-state index is -0.974. The molecule has 4 heteroatoms. The molecule has 0 aliphatic rings. The van der Waals surface area contributed by atoms with Gasteiger partial charge in [0.2, 0.25) is 0 Å². The highest BCUT2D eigenvalue weighted by atomic mass is 16.5. The van der Waals surface area contributed by atoms with Crippen LogP contribution in [0.15, 0.2) is 36.5 Å². The molecule has 2 rings (SSSR count). The van der Waals surface area contributed by atoms with E-state index in [1.807, 2.05) is 31.2 Å². The maximum Gasteiger partial charge on any atom is 0.352 e. The zero-order chi connectivity index (χ0) is 12.3. The minimum Gasteiger partial charge on any atom is -0.489 e. The van der Waals surface area contributed by atoms with Gasteiger partial charge >= 0.3 is 5.97 Å². The molecule has 0 radical (unpaired) electrons. The van der Waals surface area contributed by atoms with E-state index in [0.717, 1.165) is 11.3 Å². The number of aromatic nitrogens is 1. The van der Waals surface area contributed by atoms with Crippen LogP contribution < -0.4 is 4.74 Å². The number of aromatic carboxylic acids is 1. The van der Waals surface area contributed by atoms with Crippen LogP contribution in [0.2, 0.25) is 0 Å². The van der Waals surface area contributed by atoms with Crippen molar-refractivity contribution < 1.29 is 14.6 Å². The average molecular weight is 231 g/mol. The Bertz CT molecular complexity index is 531. The number of carboxylic acid groups (broad SMARTS) is 1. The summed E-state index contributed by atoms with van der Waals surface area (Å²) >= 11 is 0. The van der Waals surface area contributed by atoms with Gasteiger partial charge in [-0.15, -0.1) is 0 Å². The number of hydrogen-bond acceptors (Lipinski definition) is 2. The largest absolute Gasteiger partial charge is 0.489 e. The lowest BCUT2D eigenvalue weighted by Crippen LogP contribution is -2.04. The summed E-state index contributed by atoms with van der Waals surface area (Å²) in [5.74, 6) is -0.236. The van der Waals surface area contributed by atoms with E-state index in [9.17, 15) is 4.79 Å². The molecule has 2 aromatic rings. The monoisotopic (exact) mass is 231 g/mol. The molecule has 0 aliphatic heterocycles. The number of aromatic amines is 1. The zero-order valence-corrected chi connectivity index (χ0v) is 9.43. The second-order valence-corrected chi connectivity index (χ2v) is 3.79. The minimum absolute atomic E-state index is 0.178. The van der Waals surface area contributed by atoms with Crippen molar-refractivity contribution in [1.29, 1.82) is 0 Å². The van der Waals surface area contributed by atoms with Crippen LogP contribution in [-0.4, -0.2) is 16.1 Å². The molecule has 0 spiro atoms. The van der Waals surface area contributed by atoms with Gasteiger partial charge < -0.3 is 14.8 Å². The lowest BCUT2D eigenvalue weighted by molar-refractivity contribution is 0.0688. The summed E-state index contributed by atoms with van der Waals surface area (Å²) in [5, 5.41) is 8.91. The Morgan fingerprint density at radius 2 is 2.24 bits per heavy atom. The van der Waals surface area contributed by atoms with Crippen LogP contribution in [-0.2, 0) is 6.61 Å². The summed E-state index contributed by atoms with van der Waals surface area (Å²) in [4.78, 5) is 13.5. The van der Waals surface area contributed by atoms with Crippen LogP contribution in [0, 0.1) is 6.92 Å². The third-order valence-electron chi connectivity index (χ3n) is 2.43. The fourth-order valence-electron chi connectivity index (χ4n) is 1.59. The zero-order valence-electron chi connectivity index (χ0n) is 9.43. The predicted molar refractivity (Wildman–Crippen MR) is 63.3 cm³/mol. The second kappa shape index (κ2) is 4.74. The molecular weight excluding hydrogens is 218 g/mol. The standard InChI is InChI=1S/C13H13NO3/c1-9-3-2-4-11(7-9)17-8-10-5-6-14-12(10)13(15)16/h2-7,14H,8H2,1H3,(H,15,16). The van der Waals surface area contributed by atoms with E-state index >= 15 is 0 Å². The molecule has 0 aliphatic carbocycles. The van der Waals surface area contributed by atoms with Crippen molar-refractivity contribution in [1.82, 2.24) is 4.98 Å². The van der Waals surface area contributed by atoms with E-state index in [0.29, 0.717) is 5.56 Å². The molecule has 0 atom stereocenters. The van der Waals surface area contributed by atoms with Crippen molar-refractivity contribution in [3.8, 4) is 5.75 Å². The lowest BCUT2D eigenvalue weighted by Gasteiger charge is -2.06. The maximum atomic E-state index is 10.9. The third-order valence-corrected chi connectivity index (χ3v) is 2.43. The van der Waals surface area contributed by atoms with Crippen LogP contribution in [0.5, 0.6) is 5.75 Å². The Hall–Kier alpha value is -2.23. The molecule has 0 unspecified atom stereocenters. The van der Waals surface area contributed by atoms with E-state index in [-0.39, 0.29) is 12.3 Å². The molecule has 1 aromatic heterocycles. The fraction of sp³-hybridized carbons (Fsp3) is 0.154. The van der Waals surface area contributed by atoms with E-state index in [1.54, 1.807) is 12.3 Å². The molecule has 1 heterocycles. The first-order valence-electron chi connectivity index (χ1n) is 5.26. The number of aryl methyl sites for hydroxylation is 1. The third kappa shape index (κ3) is 2.66. The summed E-state index contributed by atoms with van der Waals surface area (Å²) < 4.78 is 5.54. The summed E-state index contributed by atoms with van der Waals surface area (Å²) in [5.41, 5.74) is 1.92. The second-order valence-electron chi connectivity index (χ2n) is 3.79. The van der Waals surface area contributed by atoms with Crippen LogP contribution in [0.4, 0.5) is 0 Å². The first-order chi connectivity index (χ1) is 8.16. The highest BCUT2D eigenvalue weighted by molar-refractivity contribution is 5.87. The number of benzene rings is 1. The van der Waals surface area contributed by atoms with Gasteiger partial charge in [0, 0.05) is 11.8 Å². The van der Waals surface area contributed by atoms with Crippen molar-refractivity contribution in [2.75, 3.05) is 0 Å². The summed E-state index contributed by atoms with van der Waals surface area (Å²) in [6.07, 6.45) is 1.60. The van der Waals surface area contributed by atoms with Gasteiger partial charge in [0.05, 0.1) is 0 Å². The summed E-state index contributed by atoms with van der Waals surface area (Å²) in [7, 11) is 0. The van der Waals surface area contributed by atoms with Gasteiger partial charge in [-0.05, 0) is 30.7 Å². The summed E-state index contributed by atoms with van der Waals surface area (Å²) in [6.45, 7) is 2.22. The van der Waals surface area contributed by atoms with Crippen molar-refractivity contribution >= 4 is 5.97 Å². The van der Waals surface area contributed by atoms with Crippen LogP contribution in [0.3, 0.4) is 0 Å². The molecule has 1 aromatic carbocycles. The summed E-state index contributed by atoms with van der Waals surface area (Å²) in [6, 6.07) is 9.35. The molecule has 17 heavy (non-hydrogen) atoms. The molecule has 2 N–H and O–H groups in total. The molecule has 0 fully saturated rings. The van der Waals surface area contributed by atoms with E-state index < -0.39 is 5.97 Å². The molecule has 0 amide bonds. The smallest absolute Gasteiger partial charge is 0.352 e. The van der Waals surface area contributed by atoms with Crippen molar-refractivity contribution in [3.05, 3.63) is 53.3 Å². The van der Waals surface area contributed by atoms with Gasteiger partial charge in [-0.3, -0.25) is 0 Å². The van der Waals surface area contributed by atoms with Crippen molar-refractivity contribution in [2.24, 2.45) is 0 Å². The highest BCUT2D eigenvalue weighted by Crippen LogP contribution is 2.15. The van der Waals surface area contributed by atoms with Gasteiger partial charge in [-0.25, -0.2) is 4.79 Å². The molecular formula is C13H13NO3. The Morgan fingerprint density at radius 1 is 1.41 bits per heavy atom. The Labute approximate surface area is 98.9 Å². The fourth-order valence-corrected chi connectivity index (χ4v) is 1.59. The molecule has 4 nitrogen and oxygen atoms in total. The number of rotatable bonds is 4. The number of carbonyl (C=O) groups is 1. The Kier molecular flexibility index (Phi) is 3.14. The Morgan fingerprint density at radius 3 is 2.94 bits per heavy atom. The number of nitrogens with one attached hydrogen (secondary N) is 1. The first-order valence-corrected chi connectivity index (χ1v) is 5.26. The normalized spacial score (nSPS) is 10.2. The van der Waals surface area contributed by atoms with Crippen LogP contribution >= 0.6 is 0 Å². The molecule has 0 bridgehead atoms. The van der Waals surface area contributed by atoms with E-state index in [2.05, 4.69) is 4.98 Å². The SMILES string of the molecule is Cc1cccc(OCc2cc[nH]c2C(=O)O)c1. The Balaban J connectivity index is 2.07. The quantitative estimate of drug-likeness (QED) is 0.850. The van der Waals surface area contributed by atoms with Gasteiger partial charge in [0.1, 0.15) is 18.1 Å². The van der Waals surface area contributed by atoms with Crippen LogP contribution in [0.25, 0.3) is 0 Å². The first kappa shape index (κ1) is 11.3. The molecule has 0 saturated heterocycles.